The average Bonchev–Trinajstić information content (AvgIpc) is 3.79. The maximum absolute atomic E-state index is 6.63. The molecule has 8 rings (SSSR count). The molecular formula is C40H33N4OPtS-3. The molecule has 0 atom stereocenters. The second-order valence-corrected chi connectivity index (χ2v) is 13.6. The molecule has 0 radical (unpaired) electrons. The van der Waals surface area contributed by atoms with Gasteiger partial charge in [-0.1, -0.05) is 98.3 Å². The van der Waals surface area contributed by atoms with E-state index in [1.807, 2.05) is 18.3 Å². The Kier molecular flexibility index (Phi) is 8.19. The second-order valence-electron chi connectivity index (χ2n) is 12.5. The molecule has 7 heteroatoms. The number of aromatic nitrogens is 2. The summed E-state index contributed by atoms with van der Waals surface area (Å²) in [6, 6.07) is 43.0. The molecule has 0 saturated carbocycles. The van der Waals surface area contributed by atoms with Crippen LogP contribution >= 0.6 is 11.3 Å². The molecule has 1 aliphatic heterocycles. The summed E-state index contributed by atoms with van der Waals surface area (Å²) in [4.78, 5) is 10.5. The van der Waals surface area contributed by atoms with Crippen LogP contribution in [0.5, 0.6) is 11.5 Å². The van der Waals surface area contributed by atoms with E-state index < -0.39 is 0 Å². The minimum atomic E-state index is -0.0902. The number of para-hydroxylation sites is 3. The van der Waals surface area contributed by atoms with Crippen molar-refractivity contribution in [1.29, 1.82) is 0 Å². The van der Waals surface area contributed by atoms with Gasteiger partial charge in [0.2, 0.25) is 0 Å². The van der Waals surface area contributed by atoms with Crippen molar-refractivity contribution in [1.82, 2.24) is 9.55 Å². The predicted molar refractivity (Wildman–Crippen MR) is 191 cm³/mol. The summed E-state index contributed by atoms with van der Waals surface area (Å²) in [5.41, 5.74) is 7.52. The summed E-state index contributed by atoms with van der Waals surface area (Å²) in [6.07, 6.45) is 1.96. The van der Waals surface area contributed by atoms with Gasteiger partial charge in [-0.3, -0.25) is 0 Å². The van der Waals surface area contributed by atoms with Crippen molar-refractivity contribution in [3.05, 3.63) is 134 Å². The van der Waals surface area contributed by atoms with Crippen LogP contribution in [0.3, 0.4) is 0 Å². The number of anilines is 3. The Hall–Kier alpha value is -4.38. The van der Waals surface area contributed by atoms with E-state index in [1.54, 1.807) is 11.3 Å². The molecule has 0 spiro atoms. The van der Waals surface area contributed by atoms with Crippen LogP contribution in [0.2, 0.25) is 0 Å². The Balaban J connectivity index is 0.00000351. The van der Waals surface area contributed by atoms with E-state index >= 15 is 0 Å². The van der Waals surface area contributed by atoms with Gasteiger partial charge in [0.25, 0.3) is 0 Å². The first kappa shape index (κ1) is 31.2. The van der Waals surface area contributed by atoms with Crippen LogP contribution in [-0.2, 0) is 26.5 Å². The third-order valence-corrected chi connectivity index (χ3v) is 9.55. The van der Waals surface area contributed by atoms with Gasteiger partial charge in [0.05, 0.1) is 4.88 Å². The van der Waals surface area contributed by atoms with Crippen LogP contribution in [0.4, 0.5) is 17.1 Å². The summed E-state index contributed by atoms with van der Waals surface area (Å²) in [7, 11) is 0. The van der Waals surface area contributed by atoms with Crippen molar-refractivity contribution in [3.8, 4) is 27.1 Å². The molecule has 0 N–H and O–H groups in total. The van der Waals surface area contributed by atoms with Crippen LogP contribution in [0.1, 0.15) is 33.3 Å². The smallest absolute Gasteiger partial charge is 0.193 e. The molecule has 5 nitrogen and oxygen atoms in total. The van der Waals surface area contributed by atoms with Crippen molar-refractivity contribution in [2.24, 2.45) is 0 Å². The van der Waals surface area contributed by atoms with E-state index in [1.165, 1.54) is 11.3 Å². The third-order valence-electron chi connectivity index (χ3n) is 8.52. The molecule has 238 valence electrons. The van der Waals surface area contributed by atoms with Gasteiger partial charge < -0.3 is 19.1 Å². The van der Waals surface area contributed by atoms with Crippen LogP contribution in [0, 0.1) is 18.8 Å². The molecule has 5 aromatic carbocycles. The number of ether oxygens (including phenoxy) is 1. The predicted octanol–water partition coefficient (Wildman–Crippen LogP) is 10.7. The van der Waals surface area contributed by atoms with Gasteiger partial charge in [-0.05, 0) is 48.0 Å². The van der Waals surface area contributed by atoms with Crippen LogP contribution in [0.15, 0.2) is 109 Å². The summed E-state index contributed by atoms with van der Waals surface area (Å²) in [6.45, 7) is 11.9. The van der Waals surface area contributed by atoms with E-state index in [0.29, 0.717) is 11.5 Å². The Labute approximate surface area is 294 Å². The minimum Gasteiger partial charge on any atom is -0.509 e. The molecule has 7 aromatic rings. The number of hydrogen-bond donors (Lipinski definition) is 0. The molecule has 1 aliphatic rings. The first-order chi connectivity index (χ1) is 22.4. The standard InChI is InChI=1S/C40H33N4OS.Pt/c1-5-42-26-43(36-18-12-11-17-35(36)42)29-21-28(40(2,3)4)22-31(23-29)45-30-19-20-33-32-15-9-10-16-34(32)44(37(33)24-30)39-41-25-38(46-39)27-13-7-6-8-14-27;/h6-22,25-26H,5H2,1-4H3;/q-3;. The van der Waals surface area contributed by atoms with Crippen molar-refractivity contribution in [2.45, 2.75) is 33.1 Å². The molecule has 0 unspecified atom stereocenters. The normalized spacial score (nSPS) is 12.9. The number of nitrogens with zero attached hydrogens (tertiary/aromatic N) is 4. The number of hydrogen-bond acceptors (Lipinski definition) is 5. The number of fused-ring (bicyclic) bond motifs is 4. The molecule has 0 fully saturated rings. The van der Waals surface area contributed by atoms with Crippen molar-refractivity contribution >= 4 is 50.2 Å². The third kappa shape index (κ3) is 5.64. The van der Waals surface area contributed by atoms with Crippen LogP contribution < -0.4 is 14.5 Å². The zero-order valence-corrected chi connectivity index (χ0v) is 29.7. The Bertz CT molecular complexity index is 2220. The quantitative estimate of drug-likeness (QED) is 0.157. The maximum atomic E-state index is 6.63. The van der Waals surface area contributed by atoms with Gasteiger partial charge in [-0.15, -0.1) is 47.0 Å². The second kappa shape index (κ2) is 12.3. The van der Waals surface area contributed by atoms with Gasteiger partial charge in [-0.2, -0.15) is 12.7 Å². The zero-order valence-electron chi connectivity index (χ0n) is 26.6. The molecule has 2 aromatic heterocycles. The summed E-state index contributed by atoms with van der Waals surface area (Å²) < 4.78 is 8.83. The first-order valence-corrected chi connectivity index (χ1v) is 16.4. The Morgan fingerprint density at radius 2 is 1.55 bits per heavy atom. The topological polar surface area (TPSA) is 33.5 Å². The summed E-state index contributed by atoms with van der Waals surface area (Å²) in [5, 5.41) is 3.16. The fraction of sp³-hybridized carbons (Fsp3) is 0.150. The van der Waals surface area contributed by atoms with E-state index in [4.69, 9.17) is 9.72 Å². The van der Waals surface area contributed by atoms with Crippen LogP contribution in [-0.4, -0.2) is 16.1 Å². The monoisotopic (exact) mass is 812 g/mol. The van der Waals surface area contributed by atoms with Crippen molar-refractivity contribution < 1.29 is 25.8 Å². The van der Waals surface area contributed by atoms with Gasteiger partial charge in [0.15, 0.2) is 5.13 Å². The number of rotatable bonds is 6. The number of benzene rings is 5. The van der Waals surface area contributed by atoms with Gasteiger partial charge in [0, 0.05) is 55.7 Å². The molecule has 0 bridgehead atoms. The minimum absolute atomic E-state index is 0. The van der Waals surface area contributed by atoms with E-state index in [9.17, 15) is 0 Å². The Morgan fingerprint density at radius 1 is 0.809 bits per heavy atom. The van der Waals surface area contributed by atoms with Gasteiger partial charge in [-0.25, -0.2) is 4.98 Å². The van der Waals surface area contributed by atoms with Crippen molar-refractivity contribution in [3.63, 3.8) is 0 Å². The molecule has 0 amide bonds. The largest absolute Gasteiger partial charge is 0.509 e. The van der Waals surface area contributed by atoms with E-state index in [0.717, 1.165) is 55.3 Å². The molecule has 0 saturated heterocycles. The summed E-state index contributed by atoms with van der Waals surface area (Å²) >= 11 is 1.67. The van der Waals surface area contributed by atoms with Crippen LogP contribution in [0.25, 0.3) is 37.4 Å². The summed E-state index contributed by atoms with van der Waals surface area (Å²) in [5.74, 6) is 1.28. The first-order valence-electron chi connectivity index (χ1n) is 15.6. The maximum Gasteiger partial charge on any atom is 0.193 e. The fourth-order valence-corrected chi connectivity index (χ4v) is 7.06. The number of thiazole rings is 1. The molecular weight excluding hydrogens is 780 g/mol. The van der Waals surface area contributed by atoms with E-state index in [2.05, 4.69) is 152 Å². The fourth-order valence-electron chi connectivity index (χ4n) is 6.12. The molecule has 0 aliphatic carbocycles. The molecule has 3 heterocycles. The molecule has 47 heavy (non-hydrogen) atoms. The average molecular weight is 813 g/mol. The van der Waals surface area contributed by atoms with Gasteiger partial charge in [0.1, 0.15) is 0 Å². The van der Waals surface area contributed by atoms with E-state index in [-0.39, 0.29) is 26.5 Å². The van der Waals surface area contributed by atoms with Gasteiger partial charge >= 0.3 is 0 Å². The zero-order chi connectivity index (χ0) is 31.4. The SMILES string of the molecule is CCN1[CH-]N(c2[c-]c(Oc3[c-]c4c(cc3)c3ccccc3n4-c3ncc(-c4ccccc4)s3)cc(C(C)(C)C)c2)c2ccccc21.[Pt]. The Morgan fingerprint density at radius 3 is 2.34 bits per heavy atom. The van der Waals surface area contributed by atoms with Crippen molar-refractivity contribution in [2.75, 3.05) is 16.3 Å².